The third-order valence-corrected chi connectivity index (χ3v) is 2.67. The van der Waals surface area contributed by atoms with Crippen LogP contribution in [0, 0.1) is 0 Å². The van der Waals surface area contributed by atoms with Crippen LogP contribution >= 0.6 is 0 Å². The van der Waals surface area contributed by atoms with Crippen LogP contribution in [0.5, 0.6) is 0 Å². The van der Waals surface area contributed by atoms with Gasteiger partial charge >= 0.3 is 0 Å². The summed E-state index contributed by atoms with van der Waals surface area (Å²) in [5, 5.41) is 0. The highest BCUT2D eigenvalue weighted by Crippen LogP contribution is 2.23. The summed E-state index contributed by atoms with van der Waals surface area (Å²) in [7, 11) is 1.90. The number of carbonyl (C=O) groups is 1. The van der Waals surface area contributed by atoms with Gasteiger partial charge in [-0.05, 0) is 23.6 Å². The molecule has 0 unspecified atom stereocenters. The quantitative estimate of drug-likeness (QED) is 0.865. The van der Waals surface area contributed by atoms with Crippen molar-refractivity contribution in [3.05, 3.63) is 35.4 Å². The van der Waals surface area contributed by atoms with Gasteiger partial charge in [0, 0.05) is 6.54 Å². The van der Waals surface area contributed by atoms with Gasteiger partial charge in [0.15, 0.2) is 0 Å². The predicted molar refractivity (Wildman–Crippen MR) is 70.7 cm³/mol. The van der Waals surface area contributed by atoms with E-state index in [2.05, 4.69) is 45.0 Å². The Balaban J connectivity index is 2.76. The van der Waals surface area contributed by atoms with E-state index < -0.39 is 0 Å². The van der Waals surface area contributed by atoms with E-state index in [0.29, 0.717) is 6.54 Å². The molecule has 0 spiro atoms. The van der Waals surface area contributed by atoms with E-state index in [0.717, 1.165) is 6.54 Å². The summed E-state index contributed by atoms with van der Waals surface area (Å²) in [5.41, 5.74) is 7.83. The van der Waals surface area contributed by atoms with Crippen molar-refractivity contribution < 1.29 is 4.79 Å². The Morgan fingerprint density at radius 1 is 1.35 bits per heavy atom. The lowest BCUT2D eigenvalue weighted by Gasteiger charge is -2.21. The molecule has 0 atom stereocenters. The molecule has 0 heterocycles. The van der Waals surface area contributed by atoms with E-state index in [9.17, 15) is 4.79 Å². The van der Waals surface area contributed by atoms with Crippen LogP contribution in [0.3, 0.4) is 0 Å². The maximum Gasteiger partial charge on any atom is 0.231 e. The molecule has 3 nitrogen and oxygen atoms in total. The summed E-state index contributed by atoms with van der Waals surface area (Å²) >= 11 is 0. The molecule has 0 fully saturated rings. The van der Waals surface area contributed by atoms with Crippen LogP contribution < -0.4 is 5.73 Å². The summed E-state index contributed by atoms with van der Waals surface area (Å²) in [6, 6.07) is 8.47. The first-order valence-corrected chi connectivity index (χ1v) is 5.85. The zero-order valence-corrected chi connectivity index (χ0v) is 11.2. The van der Waals surface area contributed by atoms with Gasteiger partial charge in [-0.1, -0.05) is 45.0 Å². The van der Waals surface area contributed by atoms with Crippen LogP contribution in [0.25, 0.3) is 0 Å². The van der Waals surface area contributed by atoms with Crippen LogP contribution in [0.1, 0.15) is 31.9 Å². The minimum Gasteiger partial charge on any atom is -0.369 e. The zero-order chi connectivity index (χ0) is 13.1. The van der Waals surface area contributed by atoms with Crippen molar-refractivity contribution >= 4 is 5.91 Å². The summed E-state index contributed by atoms with van der Waals surface area (Å²) in [4.78, 5) is 12.7. The number of nitrogens with two attached hydrogens (primary N) is 1. The first kappa shape index (κ1) is 13.7. The number of nitrogens with zero attached hydrogens (tertiary/aromatic N) is 1. The van der Waals surface area contributed by atoms with E-state index in [1.807, 2.05) is 11.9 Å². The van der Waals surface area contributed by atoms with E-state index in [4.69, 9.17) is 5.73 Å². The third kappa shape index (κ3) is 4.57. The van der Waals surface area contributed by atoms with Gasteiger partial charge in [-0.3, -0.25) is 9.69 Å². The van der Waals surface area contributed by atoms with Crippen LogP contribution in [0.4, 0.5) is 0 Å². The van der Waals surface area contributed by atoms with Gasteiger partial charge in [0.1, 0.15) is 0 Å². The number of hydrogen-bond donors (Lipinski definition) is 1. The lowest BCUT2D eigenvalue weighted by Crippen LogP contribution is -2.30. The molecule has 2 N–H and O–H groups in total. The normalized spacial score (nSPS) is 11.8. The molecule has 1 amide bonds. The van der Waals surface area contributed by atoms with Crippen molar-refractivity contribution in [2.45, 2.75) is 32.7 Å². The lowest BCUT2D eigenvalue weighted by atomic mass is 9.86. The second-order valence-electron chi connectivity index (χ2n) is 5.59. The van der Waals surface area contributed by atoms with E-state index in [1.54, 1.807) is 0 Å². The number of likely N-dealkylation sites (N-methyl/N-ethyl adjacent to an activating group) is 1. The largest absolute Gasteiger partial charge is 0.369 e. The second kappa shape index (κ2) is 5.32. The average Bonchev–Trinajstić information content (AvgIpc) is 2.15. The molecule has 0 saturated carbocycles. The summed E-state index contributed by atoms with van der Waals surface area (Å²) < 4.78 is 0. The molecule has 1 aromatic rings. The number of benzene rings is 1. The molecule has 17 heavy (non-hydrogen) atoms. The smallest absolute Gasteiger partial charge is 0.231 e. The van der Waals surface area contributed by atoms with Gasteiger partial charge in [0.2, 0.25) is 5.91 Å². The molecule has 1 aromatic carbocycles. The molecule has 0 aromatic heterocycles. The topological polar surface area (TPSA) is 46.3 Å². The predicted octanol–water partition coefficient (Wildman–Crippen LogP) is 1.90. The molecule has 0 bridgehead atoms. The van der Waals surface area contributed by atoms with Crippen LogP contribution in [-0.4, -0.2) is 24.4 Å². The van der Waals surface area contributed by atoms with Crippen LogP contribution in [0.15, 0.2) is 24.3 Å². The minimum absolute atomic E-state index is 0.151. The molecule has 0 aliphatic heterocycles. The zero-order valence-electron chi connectivity index (χ0n) is 11.2. The Labute approximate surface area is 104 Å². The average molecular weight is 234 g/mol. The number of hydrogen-bond acceptors (Lipinski definition) is 2. The first-order chi connectivity index (χ1) is 7.79. The Morgan fingerprint density at radius 2 is 2.00 bits per heavy atom. The Hall–Kier alpha value is -1.35. The van der Waals surface area contributed by atoms with E-state index in [-0.39, 0.29) is 11.3 Å². The fraction of sp³-hybridized carbons (Fsp3) is 0.500. The summed E-state index contributed by atoms with van der Waals surface area (Å²) in [6.45, 7) is 7.62. The maximum absolute atomic E-state index is 10.8. The Morgan fingerprint density at radius 3 is 2.53 bits per heavy atom. The van der Waals surface area contributed by atoms with Crippen molar-refractivity contribution in [3.63, 3.8) is 0 Å². The fourth-order valence-electron chi connectivity index (χ4n) is 1.77. The van der Waals surface area contributed by atoms with Crippen molar-refractivity contribution in [1.82, 2.24) is 4.90 Å². The minimum atomic E-state index is -0.292. The molecular weight excluding hydrogens is 212 g/mol. The highest BCUT2D eigenvalue weighted by atomic mass is 16.1. The highest BCUT2D eigenvalue weighted by Gasteiger charge is 2.14. The standard InChI is InChI=1S/C14H22N2O/c1-14(2,3)12-7-5-6-11(8-12)9-16(4)10-13(15)17/h5-8H,9-10H2,1-4H3,(H2,15,17). The van der Waals surface area contributed by atoms with E-state index >= 15 is 0 Å². The first-order valence-electron chi connectivity index (χ1n) is 5.85. The Kier molecular flexibility index (Phi) is 4.29. The molecule has 0 saturated heterocycles. The Bertz CT molecular complexity index is 393. The molecule has 0 aliphatic rings. The SMILES string of the molecule is CN(CC(N)=O)Cc1cccc(C(C)(C)C)c1. The highest BCUT2D eigenvalue weighted by molar-refractivity contribution is 5.75. The lowest BCUT2D eigenvalue weighted by molar-refractivity contribution is -0.118. The summed E-state index contributed by atoms with van der Waals surface area (Å²) in [6.07, 6.45) is 0. The summed E-state index contributed by atoms with van der Waals surface area (Å²) in [5.74, 6) is -0.292. The molecule has 3 heteroatoms. The maximum atomic E-state index is 10.8. The van der Waals surface area contributed by atoms with Gasteiger partial charge in [-0.2, -0.15) is 0 Å². The number of rotatable bonds is 4. The fourth-order valence-corrected chi connectivity index (χ4v) is 1.77. The van der Waals surface area contributed by atoms with Crippen molar-refractivity contribution in [1.29, 1.82) is 0 Å². The monoisotopic (exact) mass is 234 g/mol. The third-order valence-electron chi connectivity index (χ3n) is 2.67. The van der Waals surface area contributed by atoms with Gasteiger partial charge in [0.05, 0.1) is 6.54 Å². The van der Waals surface area contributed by atoms with Gasteiger partial charge < -0.3 is 5.73 Å². The van der Waals surface area contributed by atoms with Crippen LogP contribution in [-0.2, 0) is 16.8 Å². The number of amides is 1. The van der Waals surface area contributed by atoms with Crippen molar-refractivity contribution in [3.8, 4) is 0 Å². The van der Waals surface area contributed by atoms with Crippen molar-refractivity contribution in [2.75, 3.05) is 13.6 Å². The molecule has 1 rings (SSSR count). The van der Waals surface area contributed by atoms with Crippen LogP contribution in [0.2, 0.25) is 0 Å². The van der Waals surface area contributed by atoms with Gasteiger partial charge in [-0.15, -0.1) is 0 Å². The number of primary amides is 1. The van der Waals surface area contributed by atoms with E-state index in [1.165, 1.54) is 11.1 Å². The van der Waals surface area contributed by atoms with Gasteiger partial charge in [-0.25, -0.2) is 0 Å². The molecular formula is C14H22N2O. The van der Waals surface area contributed by atoms with Gasteiger partial charge in [0.25, 0.3) is 0 Å². The molecule has 94 valence electrons. The molecule has 0 radical (unpaired) electrons. The molecule has 0 aliphatic carbocycles. The van der Waals surface area contributed by atoms with Crippen molar-refractivity contribution in [2.24, 2.45) is 5.73 Å². The number of carbonyl (C=O) groups excluding carboxylic acids is 1. The second-order valence-corrected chi connectivity index (χ2v) is 5.59.